The average molecular weight is 430 g/mol. The van der Waals surface area contributed by atoms with Crippen LogP contribution in [0.3, 0.4) is 0 Å². The van der Waals surface area contributed by atoms with E-state index in [1.165, 1.54) is 10.5 Å². The molecule has 31 heavy (non-hydrogen) atoms. The minimum absolute atomic E-state index is 0.255. The average Bonchev–Trinajstić information content (AvgIpc) is 3.03. The van der Waals surface area contributed by atoms with E-state index < -0.39 is 0 Å². The van der Waals surface area contributed by atoms with E-state index in [1.807, 2.05) is 74.5 Å². The van der Waals surface area contributed by atoms with Gasteiger partial charge >= 0.3 is 0 Å². The van der Waals surface area contributed by atoms with E-state index in [0.717, 1.165) is 34.0 Å². The number of carbonyl (C=O) groups excluding carboxylic acids is 2. The maximum atomic E-state index is 12.9. The first kappa shape index (κ1) is 20.9. The molecule has 0 aromatic heterocycles. The lowest BCUT2D eigenvalue weighted by atomic mass is 10.1. The number of ether oxygens (including phenoxy) is 1. The Morgan fingerprint density at radius 2 is 1.45 bits per heavy atom. The molecule has 0 atom stereocenters. The lowest BCUT2D eigenvalue weighted by Gasteiger charge is -2.12. The van der Waals surface area contributed by atoms with Gasteiger partial charge in [0.25, 0.3) is 11.1 Å². The van der Waals surface area contributed by atoms with E-state index in [2.05, 4.69) is 12.1 Å². The van der Waals surface area contributed by atoms with Gasteiger partial charge in [-0.3, -0.25) is 14.5 Å². The van der Waals surface area contributed by atoms with Crippen LogP contribution in [0.1, 0.15) is 27.8 Å². The van der Waals surface area contributed by atoms with Crippen LogP contribution in [-0.4, -0.2) is 16.0 Å². The Balaban J connectivity index is 1.50. The highest BCUT2D eigenvalue weighted by molar-refractivity contribution is 8.18. The molecule has 0 unspecified atom stereocenters. The van der Waals surface area contributed by atoms with Crippen molar-refractivity contribution in [2.75, 3.05) is 0 Å². The molecule has 1 saturated heterocycles. The van der Waals surface area contributed by atoms with E-state index in [9.17, 15) is 9.59 Å². The number of benzene rings is 3. The number of hydrogen-bond acceptors (Lipinski definition) is 4. The van der Waals surface area contributed by atoms with Crippen molar-refractivity contribution >= 4 is 29.0 Å². The highest BCUT2D eigenvalue weighted by Crippen LogP contribution is 2.35. The molecule has 0 spiro atoms. The first-order valence-electron chi connectivity index (χ1n) is 10.1. The van der Waals surface area contributed by atoms with E-state index in [-0.39, 0.29) is 17.7 Å². The molecular weight excluding hydrogens is 406 g/mol. The Kier molecular flexibility index (Phi) is 6.23. The highest BCUT2D eigenvalue weighted by atomic mass is 32.2. The van der Waals surface area contributed by atoms with Gasteiger partial charge in [0.1, 0.15) is 12.4 Å². The van der Waals surface area contributed by atoms with Gasteiger partial charge in [-0.15, -0.1) is 0 Å². The van der Waals surface area contributed by atoms with Crippen LogP contribution >= 0.6 is 11.8 Å². The highest BCUT2D eigenvalue weighted by Gasteiger charge is 2.35. The lowest BCUT2D eigenvalue weighted by Crippen LogP contribution is -2.27. The number of hydrogen-bond donors (Lipinski definition) is 0. The fourth-order valence-electron chi connectivity index (χ4n) is 3.23. The Bertz CT molecular complexity index is 1130. The smallest absolute Gasteiger partial charge is 0.293 e. The second kappa shape index (κ2) is 9.23. The third-order valence-corrected chi connectivity index (χ3v) is 5.96. The molecule has 0 aliphatic carbocycles. The van der Waals surface area contributed by atoms with Crippen LogP contribution in [0.25, 0.3) is 6.08 Å². The molecular formula is C26H23NO3S. The zero-order chi connectivity index (χ0) is 21.8. The summed E-state index contributed by atoms with van der Waals surface area (Å²) in [6, 6.07) is 23.6. The molecule has 3 aromatic rings. The normalized spacial score (nSPS) is 15.0. The van der Waals surface area contributed by atoms with Gasteiger partial charge in [-0.1, -0.05) is 77.9 Å². The summed E-state index contributed by atoms with van der Waals surface area (Å²) in [5.74, 6) is 0.400. The molecule has 0 bridgehead atoms. The summed E-state index contributed by atoms with van der Waals surface area (Å²) < 4.78 is 6.01. The summed E-state index contributed by atoms with van der Waals surface area (Å²) >= 11 is 0.967. The van der Waals surface area contributed by atoms with Gasteiger partial charge in [-0.25, -0.2) is 0 Å². The SMILES string of the molecule is Cc1ccc(COc2ccccc2/C=C2\SC(=O)N(Cc3ccc(C)cc3)C2=O)cc1. The number of para-hydroxylation sites is 1. The summed E-state index contributed by atoms with van der Waals surface area (Å²) in [5, 5.41) is -0.255. The largest absolute Gasteiger partial charge is 0.488 e. The minimum Gasteiger partial charge on any atom is -0.488 e. The zero-order valence-electron chi connectivity index (χ0n) is 17.5. The second-order valence-electron chi connectivity index (χ2n) is 7.57. The van der Waals surface area contributed by atoms with Gasteiger partial charge in [0.05, 0.1) is 11.4 Å². The number of amides is 2. The molecule has 1 fully saturated rings. The molecule has 1 aliphatic heterocycles. The second-order valence-corrected chi connectivity index (χ2v) is 8.56. The molecule has 1 aliphatic rings. The summed E-state index contributed by atoms with van der Waals surface area (Å²) in [5.41, 5.74) is 5.11. The van der Waals surface area contributed by atoms with Gasteiger partial charge in [-0.05, 0) is 48.9 Å². The summed E-state index contributed by atoms with van der Waals surface area (Å²) in [7, 11) is 0. The number of thioether (sulfide) groups is 1. The van der Waals surface area contributed by atoms with E-state index in [0.29, 0.717) is 17.3 Å². The first-order valence-corrected chi connectivity index (χ1v) is 10.9. The maximum Gasteiger partial charge on any atom is 0.293 e. The molecule has 1 heterocycles. The standard InChI is InChI=1S/C26H23NO3S/c1-18-7-11-20(12-8-18)16-27-25(28)24(31-26(27)29)15-22-5-3-4-6-23(22)30-17-21-13-9-19(2)10-14-21/h3-15H,16-17H2,1-2H3/b24-15-. The van der Waals surface area contributed by atoms with Gasteiger partial charge in [0, 0.05) is 5.56 Å². The summed E-state index contributed by atoms with van der Waals surface area (Å²) in [6.07, 6.45) is 1.74. The zero-order valence-corrected chi connectivity index (χ0v) is 18.3. The number of rotatable bonds is 6. The van der Waals surface area contributed by atoms with Crippen molar-refractivity contribution in [1.82, 2.24) is 4.90 Å². The molecule has 0 radical (unpaired) electrons. The molecule has 2 amide bonds. The lowest BCUT2D eigenvalue weighted by molar-refractivity contribution is -0.123. The van der Waals surface area contributed by atoms with E-state index >= 15 is 0 Å². The van der Waals surface area contributed by atoms with Crippen molar-refractivity contribution in [1.29, 1.82) is 0 Å². The van der Waals surface area contributed by atoms with Crippen LogP contribution < -0.4 is 4.74 Å². The third kappa shape index (κ3) is 5.06. The fraction of sp³-hybridized carbons (Fsp3) is 0.154. The quantitative estimate of drug-likeness (QED) is 0.443. The van der Waals surface area contributed by atoms with Crippen molar-refractivity contribution < 1.29 is 14.3 Å². The first-order chi connectivity index (χ1) is 15.0. The molecule has 0 N–H and O–H groups in total. The monoisotopic (exact) mass is 429 g/mol. The number of carbonyl (C=O) groups is 2. The maximum absolute atomic E-state index is 12.9. The van der Waals surface area contributed by atoms with Crippen molar-refractivity contribution in [3.8, 4) is 5.75 Å². The fourth-order valence-corrected chi connectivity index (χ4v) is 4.06. The number of imide groups is 1. The molecule has 0 saturated carbocycles. The number of aryl methyl sites for hydroxylation is 2. The van der Waals surface area contributed by atoms with Crippen LogP contribution in [0.5, 0.6) is 5.75 Å². The third-order valence-electron chi connectivity index (χ3n) is 5.06. The molecule has 156 valence electrons. The van der Waals surface area contributed by atoms with Crippen LogP contribution in [0.2, 0.25) is 0 Å². The van der Waals surface area contributed by atoms with Gasteiger partial charge in [0.15, 0.2) is 0 Å². The predicted molar refractivity (Wildman–Crippen MR) is 125 cm³/mol. The predicted octanol–water partition coefficient (Wildman–Crippen LogP) is 6.12. The van der Waals surface area contributed by atoms with E-state index in [1.54, 1.807) is 6.08 Å². The van der Waals surface area contributed by atoms with Gasteiger partial charge < -0.3 is 4.74 Å². The van der Waals surface area contributed by atoms with Crippen LogP contribution in [0, 0.1) is 13.8 Å². The van der Waals surface area contributed by atoms with Crippen molar-refractivity contribution in [3.63, 3.8) is 0 Å². The number of nitrogens with zero attached hydrogens (tertiary/aromatic N) is 1. The molecule has 3 aromatic carbocycles. The van der Waals surface area contributed by atoms with Crippen molar-refractivity contribution in [2.45, 2.75) is 27.0 Å². The van der Waals surface area contributed by atoms with Gasteiger partial charge in [-0.2, -0.15) is 0 Å². The molecule has 4 nitrogen and oxygen atoms in total. The van der Waals surface area contributed by atoms with E-state index in [4.69, 9.17) is 4.74 Å². The summed E-state index contributed by atoms with van der Waals surface area (Å²) in [6.45, 7) is 4.75. The Hall–Kier alpha value is -3.31. The Morgan fingerprint density at radius 1 is 0.839 bits per heavy atom. The Labute approximate surface area is 186 Å². The summed E-state index contributed by atoms with van der Waals surface area (Å²) in [4.78, 5) is 27.1. The van der Waals surface area contributed by atoms with Gasteiger partial charge in [0.2, 0.25) is 0 Å². The van der Waals surface area contributed by atoms with Crippen LogP contribution in [0.4, 0.5) is 4.79 Å². The van der Waals surface area contributed by atoms with Crippen LogP contribution in [0.15, 0.2) is 77.7 Å². The van der Waals surface area contributed by atoms with Crippen molar-refractivity contribution in [3.05, 3.63) is 106 Å². The van der Waals surface area contributed by atoms with Crippen molar-refractivity contribution in [2.24, 2.45) is 0 Å². The minimum atomic E-state index is -0.274. The molecule has 4 rings (SSSR count). The topological polar surface area (TPSA) is 46.6 Å². The Morgan fingerprint density at radius 3 is 2.13 bits per heavy atom. The molecule has 5 heteroatoms. The van der Waals surface area contributed by atoms with Crippen LogP contribution in [-0.2, 0) is 17.9 Å².